The van der Waals surface area contributed by atoms with Gasteiger partial charge in [0.05, 0.1) is 11.7 Å². The number of hydrogen-bond donors (Lipinski definition) is 1. The number of nitrogens with one attached hydrogen (secondary N) is 1. The number of benzene rings is 2. The second kappa shape index (κ2) is 7.35. The van der Waals surface area contributed by atoms with E-state index in [0.717, 1.165) is 5.56 Å². The van der Waals surface area contributed by atoms with Gasteiger partial charge in [-0.2, -0.15) is 0 Å². The lowest BCUT2D eigenvalue weighted by Gasteiger charge is -2.19. The number of halogens is 2. The van der Waals surface area contributed by atoms with Crippen LogP contribution in [0.1, 0.15) is 24.9 Å². The van der Waals surface area contributed by atoms with Crippen LogP contribution in [0.2, 0.25) is 0 Å². The smallest absolute Gasteiger partial charge is 0.239 e. The van der Waals surface area contributed by atoms with Crippen molar-refractivity contribution in [2.45, 2.75) is 19.4 Å². The molecule has 130 valence electrons. The van der Waals surface area contributed by atoms with Gasteiger partial charge in [-0.25, -0.2) is 4.39 Å². The Labute approximate surface area is 154 Å². The molecule has 0 spiro atoms. The number of carbonyl (C=O) groups is 2. The van der Waals surface area contributed by atoms with Gasteiger partial charge >= 0.3 is 0 Å². The van der Waals surface area contributed by atoms with Gasteiger partial charge in [0.15, 0.2) is 0 Å². The number of anilines is 1. The van der Waals surface area contributed by atoms with E-state index in [2.05, 4.69) is 21.2 Å². The predicted octanol–water partition coefficient (Wildman–Crippen LogP) is 3.82. The molecule has 4 nitrogen and oxygen atoms in total. The Bertz CT molecular complexity index is 797. The maximum atomic E-state index is 14.1. The summed E-state index contributed by atoms with van der Waals surface area (Å²) >= 11 is 3.20. The van der Waals surface area contributed by atoms with Crippen LogP contribution in [0, 0.1) is 11.7 Å². The minimum atomic E-state index is -0.783. The fourth-order valence-electron chi connectivity index (χ4n) is 3.00. The molecular weight excluding hydrogens is 387 g/mol. The van der Waals surface area contributed by atoms with Crippen LogP contribution in [0.4, 0.5) is 10.1 Å². The van der Waals surface area contributed by atoms with Crippen LogP contribution < -0.4 is 10.2 Å². The third kappa shape index (κ3) is 3.74. The minimum Gasteiger partial charge on any atom is -0.349 e. The van der Waals surface area contributed by atoms with Crippen LogP contribution in [0.15, 0.2) is 53.0 Å². The minimum absolute atomic E-state index is 0.194. The van der Waals surface area contributed by atoms with Crippen molar-refractivity contribution < 1.29 is 14.0 Å². The third-order valence-electron chi connectivity index (χ3n) is 4.38. The van der Waals surface area contributed by atoms with Crippen molar-refractivity contribution in [1.29, 1.82) is 0 Å². The Morgan fingerprint density at radius 3 is 2.68 bits per heavy atom. The molecular formula is C19H18BrFN2O2. The molecule has 2 aromatic carbocycles. The highest BCUT2D eigenvalue weighted by Crippen LogP contribution is 2.29. The lowest BCUT2D eigenvalue weighted by Crippen LogP contribution is -2.38. The molecule has 0 unspecified atom stereocenters. The first-order valence-electron chi connectivity index (χ1n) is 8.09. The molecule has 0 aliphatic carbocycles. The Hall–Kier alpha value is -2.21. The second-order valence-corrected chi connectivity index (χ2v) is 6.98. The fraction of sp³-hybridized carbons (Fsp3) is 0.263. The summed E-state index contributed by atoms with van der Waals surface area (Å²) in [7, 11) is 0. The first-order valence-corrected chi connectivity index (χ1v) is 8.88. The second-order valence-electron chi connectivity index (χ2n) is 6.07. The van der Waals surface area contributed by atoms with Crippen molar-refractivity contribution in [2.24, 2.45) is 5.92 Å². The lowest BCUT2D eigenvalue weighted by molar-refractivity contribution is -0.132. The van der Waals surface area contributed by atoms with E-state index in [0.29, 0.717) is 17.4 Å². The molecule has 0 bridgehead atoms. The number of amides is 2. The standard InChI is InChI=1S/C19H18BrFN2O2/c1-12(13-5-3-2-4-6-13)22-18(24)15-9-10-23(19(15)25)17-8-7-14(20)11-16(17)21/h2-8,11-12,15H,9-10H2,1H3,(H,22,24)/t12-,15-/m0/s1. The van der Waals surface area contributed by atoms with E-state index < -0.39 is 11.7 Å². The third-order valence-corrected chi connectivity index (χ3v) is 4.87. The molecule has 25 heavy (non-hydrogen) atoms. The van der Waals surface area contributed by atoms with Crippen LogP contribution in [0.3, 0.4) is 0 Å². The van der Waals surface area contributed by atoms with Crippen LogP contribution >= 0.6 is 15.9 Å². The summed E-state index contributed by atoms with van der Waals surface area (Å²) in [5.74, 6) is -1.95. The van der Waals surface area contributed by atoms with Gasteiger partial charge in [-0.05, 0) is 37.1 Å². The summed E-state index contributed by atoms with van der Waals surface area (Å²) in [6.45, 7) is 2.20. The molecule has 1 saturated heterocycles. The average Bonchev–Trinajstić information content (AvgIpc) is 2.97. The monoisotopic (exact) mass is 404 g/mol. The Kier molecular flexibility index (Phi) is 5.18. The van der Waals surface area contributed by atoms with E-state index in [9.17, 15) is 14.0 Å². The maximum Gasteiger partial charge on any atom is 0.239 e. The maximum absolute atomic E-state index is 14.1. The topological polar surface area (TPSA) is 49.4 Å². The van der Waals surface area contributed by atoms with Gasteiger partial charge in [0.2, 0.25) is 11.8 Å². The average molecular weight is 405 g/mol. The summed E-state index contributed by atoms with van der Waals surface area (Å²) in [6.07, 6.45) is 0.377. The molecule has 2 amide bonds. The van der Waals surface area contributed by atoms with Crippen LogP contribution in [0.5, 0.6) is 0 Å². The summed E-state index contributed by atoms with van der Waals surface area (Å²) in [6, 6.07) is 13.9. The van der Waals surface area contributed by atoms with E-state index in [1.54, 1.807) is 12.1 Å². The molecule has 0 radical (unpaired) electrons. The van der Waals surface area contributed by atoms with Crippen molar-refractivity contribution in [1.82, 2.24) is 5.32 Å². The Balaban J connectivity index is 1.70. The molecule has 2 aromatic rings. The first kappa shape index (κ1) is 17.6. The van der Waals surface area contributed by atoms with Crippen molar-refractivity contribution in [3.63, 3.8) is 0 Å². The van der Waals surface area contributed by atoms with E-state index in [-0.39, 0.29) is 23.5 Å². The van der Waals surface area contributed by atoms with Crippen LogP contribution in [-0.2, 0) is 9.59 Å². The molecule has 1 aliphatic heterocycles. The molecule has 3 rings (SSSR count). The number of nitrogens with zero attached hydrogens (tertiary/aromatic N) is 1. The zero-order valence-corrected chi connectivity index (χ0v) is 15.3. The van der Waals surface area contributed by atoms with Gasteiger partial charge < -0.3 is 10.2 Å². The van der Waals surface area contributed by atoms with Gasteiger partial charge in [-0.1, -0.05) is 46.3 Å². The van der Waals surface area contributed by atoms with E-state index >= 15 is 0 Å². The zero-order chi connectivity index (χ0) is 18.0. The summed E-state index contributed by atoms with van der Waals surface area (Å²) < 4.78 is 14.7. The number of carbonyl (C=O) groups excluding carboxylic acids is 2. The molecule has 2 atom stereocenters. The van der Waals surface area contributed by atoms with Gasteiger partial charge in [-0.15, -0.1) is 0 Å². The lowest BCUT2D eigenvalue weighted by atomic mass is 10.0. The largest absolute Gasteiger partial charge is 0.349 e. The van der Waals surface area contributed by atoms with Crippen molar-refractivity contribution >= 4 is 33.4 Å². The highest BCUT2D eigenvalue weighted by Gasteiger charge is 2.38. The molecule has 1 fully saturated rings. The van der Waals surface area contributed by atoms with E-state index in [4.69, 9.17) is 0 Å². The molecule has 6 heteroatoms. The van der Waals surface area contributed by atoms with Gasteiger partial charge in [-0.3, -0.25) is 9.59 Å². The molecule has 1 N–H and O–H groups in total. The zero-order valence-electron chi connectivity index (χ0n) is 13.7. The molecule has 0 saturated carbocycles. The quantitative estimate of drug-likeness (QED) is 0.787. The first-order chi connectivity index (χ1) is 12.0. The van der Waals surface area contributed by atoms with E-state index in [1.165, 1.54) is 11.0 Å². The molecule has 1 aliphatic rings. The summed E-state index contributed by atoms with van der Waals surface area (Å²) in [4.78, 5) is 26.4. The van der Waals surface area contributed by atoms with Crippen molar-refractivity contribution in [3.8, 4) is 0 Å². The van der Waals surface area contributed by atoms with Crippen molar-refractivity contribution in [3.05, 3.63) is 64.4 Å². The fourth-order valence-corrected chi connectivity index (χ4v) is 3.33. The van der Waals surface area contributed by atoms with Gasteiger partial charge in [0, 0.05) is 11.0 Å². The Morgan fingerprint density at radius 2 is 2.00 bits per heavy atom. The number of hydrogen-bond acceptors (Lipinski definition) is 2. The molecule has 1 heterocycles. The van der Waals surface area contributed by atoms with Crippen LogP contribution in [-0.4, -0.2) is 18.4 Å². The highest BCUT2D eigenvalue weighted by atomic mass is 79.9. The van der Waals surface area contributed by atoms with Crippen LogP contribution in [0.25, 0.3) is 0 Å². The SMILES string of the molecule is C[C@H](NC(=O)[C@@H]1CCN(c2ccc(Br)cc2F)C1=O)c1ccccc1. The number of rotatable bonds is 4. The summed E-state index contributed by atoms with van der Waals surface area (Å²) in [5, 5.41) is 2.88. The normalized spacial score (nSPS) is 18.3. The van der Waals surface area contributed by atoms with Gasteiger partial charge in [0.1, 0.15) is 11.7 Å². The van der Waals surface area contributed by atoms with E-state index in [1.807, 2.05) is 37.3 Å². The molecule has 0 aromatic heterocycles. The Morgan fingerprint density at radius 1 is 1.28 bits per heavy atom. The van der Waals surface area contributed by atoms with Gasteiger partial charge in [0.25, 0.3) is 0 Å². The summed E-state index contributed by atoms with van der Waals surface area (Å²) in [5.41, 5.74) is 1.18. The highest BCUT2D eigenvalue weighted by molar-refractivity contribution is 9.10. The van der Waals surface area contributed by atoms with Crippen molar-refractivity contribution in [2.75, 3.05) is 11.4 Å². The predicted molar refractivity (Wildman–Crippen MR) is 97.6 cm³/mol.